The minimum atomic E-state index is -0.0210. The van der Waals surface area contributed by atoms with E-state index in [-0.39, 0.29) is 5.91 Å². The van der Waals surface area contributed by atoms with E-state index in [1.807, 2.05) is 12.3 Å². The molecule has 0 saturated carbocycles. The molecule has 0 rings (SSSR count). The van der Waals surface area contributed by atoms with E-state index in [4.69, 9.17) is 0 Å². The summed E-state index contributed by atoms with van der Waals surface area (Å²) in [5.41, 5.74) is 0. The van der Waals surface area contributed by atoms with Gasteiger partial charge >= 0.3 is 0 Å². The zero-order valence-corrected chi connectivity index (χ0v) is 6.49. The van der Waals surface area contributed by atoms with Crippen LogP contribution in [0.3, 0.4) is 0 Å². The van der Waals surface area contributed by atoms with E-state index in [2.05, 4.69) is 5.32 Å². The fraction of sp³-hybridized carbons (Fsp3) is 0.500. The van der Waals surface area contributed by atoms with Gasteiger partial charge in [0.1, 0.15) is 0 Å². The fourth-order valence-electron chi connectivity index (χ4n) is 0.321. The molecule has 0 aliphatic heterocycles. The Labute approximate surface area is 59.7 Å². The molecule has 1 amide bonds. The number of amides is 1. The molecule has 0 bridgehead atoms. The van der Waals surface area contributed by atoms with Crippen molar-refractivity contribution in [1.29, 1.82) is 0 Å². The Bertz CT molecular complexity index is 112. The van der Waals surface area contributed by atoms with Gasteiger partial charge in [-0.1, -0.05) is 6.08 Å². The molecule has 0 aromatic carbocycles. The van der Waals surface area contributed by atoms with Crippen molar-refractivity contribution in [3.05, 3.63) is 12.3 Å². The van der Waals surface area contributed by atoms with Gasteiger partial charge in [-0.3, -0.25) is 4.79 Å². The zero-order valence-electron chi connectivity index (χ0n) is 5.68. The van der Waals surface area contributed by atoms with Crippen molar-refractivity contribution in [2.45, 2.75) is 6.92 Å². The van der Waals surface area contributed by atoms with Gasteiger partial charge in [-0.15, -0.1) is 0 Å². The van der Waals surface area contributed by atoms with Crippen LogP contribution >= 0.6 is 11.8 Å². The molecular formula is C6H11NOS. The van der Waals surface area contributed by atoms with Gasteiger partial charge in [0, 0.05) is 18.9 Å². The van der Waals surface area contributed by atoms with Crippen LogP contribution in [0, 0.1) is 0 Å². The van der Waals surface area contributed by atoms with Crippen molar-refractivity contribution in [2.75, 3.05) is 12.0 Å². The summed E-state index contributed by atoms with van der Waals surface area (Å²) in [6.07, 6.45) is 5.59. The first kappa shape index (κ1) is 8.56. The highest BCUT2D eigenvalue weighted by molar-refractivity contribution is 7.98. The predicted octanol–water partition coefficient (Wildman–Crippen LogP) is 0.999. The molecule has 9 heavy (non-hydrogen) atoms. The Morgan fingerprint density at radius 2 is 2.44 bits per heavy atom. The number of carbonyl (C=O) groups excluding carboxylic acids is 1. The van der Waals surface area contributed by atoms with E-state index in [1.54, 1.807) is 18.0 Å². The lowest BCUT2D eigenvalue weighted by atomic mass is 10.6. The third-order valence-electron chi connectivity index (χ3n) is 0.667. The lowest BCUT2D eigenvalue weighted by Gasteiger charge is -1.88. The molecule has 0 heterocycles. The van der Waals surface area contributed by atoms with Crippen LogP contribution in [0.25, 0.3) is 0 Å². The van der Waals surface area contributed by atoms with Crippen LogP contribution in [0.5, 0.6) is 0 Å². The summed E-state index contributed by atoms with van der Waals surface area (Å²) in [7, 11) is 0. The van der Waals surface area contributed by atoms with Crippen LogP contribution in [0.1, 0.15) is 6.92 Å². The molecule has 0 aromatic heterocycles. The smallest absolute Gasteiger partial charge is 0.220 e. The maximum Gasteiger partial charge on any atom is 0.220 e. The molecule has 3 heteroatoms. The molecule has 0 radical (unpaired) electrons. The Morgan fingerprint density at radius 1 is 1.78 bits per heavy atom. The number of nitrogens with one attached hydrogen (secondary N) is 1. The van der Waals surface area contributed by atoms with Crippen molar-refractivity contribution in [3.63, 3.8) is 0 Å². The normalized spacial score (nSPS) is 10.0. The van der Waals surface area contributed by atoms with Gasteiger partial charge in [0.05, 0.1) is 0 Å². The summed E-state index contributed by atoms with van der Waals surface area (Å²) in [5.74, 6) is 0.924. The fourth-order valence-corrected chi connectivity index (χ4v) is 0.609. The van der Waals surface area contributed by atoms with Crippen LogP contribution < -0.4 is 5.32 Å². The van der Waals surface area contributed by atoms with Gasteiger partial charge in [0.2, 0.25) is 5.91 Å². The molecule has 0 aliphatic rings. The van der Waals surface area contributed by atoms with Crippen molar-refractivity contribution < 1.29 is 4.79 Å². The molecule has 0 aromatic rings. The second-order valence-electron chi connectivity index (χ2n) is 1.56. The first-order chi connectivity index (χ1) is 4.27. The van der Waals surface area contributed by atoms with Gasteiger partial charge in [0.25, 0.3) is 0 Å². The monoisotopic (exact) mass is 145 g/mol. The first-order valence-electron chi connectivity index (χ1n) is 2.68. The molecule has 52 valence electrons. The van der Waals surface area contributed by atoms with E-state index in [0.717, 1.165) is 5.75 Å². The second kappa shape index (κ2) is 5.69. The van der Waals surface area contributed by atoms with Gasteiger partial charge < -0.3 is 5.32 Å². The van der Waals surface area contributed by atoms with Gasteiger partial charge in [0.15, 0.2) is 0 Å². The largest absolute Gasteiger partial charge is 0.333 e. The van der Waals surface area contributed by atoms with Crippen molar-refractivity contribution >= 4 is 17.7 Å². The standard InChI is InChI=1S/C6H11NOS/c1-6(8)7-4-3-5-9-2/h3-4H,5H2,1-2H3,(H,7,8)/b4-3-. The Kier molecular flexibility index (Phi) is 5.41. The highest BCUT2D eigenvalue weighted by Gasteiger charge is 1.79. The van der Waals surface area contributed by atoms with Gasteiger partial charge in [-0.2, -0.15) is 11.8 Å². The van der Waals surface area contributed by atoms with Gasteiger partial charge in [-0.05, 0) is 6.26 Å². The topological polar surface area (TPSA) is 29.1 Å². The summed E-state index contributed by atoms with van der Waals surface area (Å²) < 4.78 is 0. The Hall–Kier alpha value is -0.440. The predicted molar refractivity (Wildman–Crippen MR) is 41.3 cm³/mol. The number of thioether (sulfide) groups is 1. The average Bonchev–Trinajstić information content (AvgIpc) is 1.80. The minimum Gasteiger partial charge on any atom is -0.333 e. The van der Waals surface area contributed by atoms with Crippen LogP contribution in [0.4, 0.5) is 0 Å². The summed E-state index contributed by atoms with van der Waals surface area (Å²) in [4.78, 5) is 10.2. The molecule has 0 aliphatic carbocycles. The van der Waals surface area contributed by atoms with E-state index < -0.39 is 0 Å². The first-order valence-corrected chi connectivity index (χ1v) is 4.08. The third-order valence-corrected chi connectivity index (χ3v) is 1.19. The van der Waals surface area contributed by atoms with Gasteiger partial charge in [-0.25, -0.2) is 0 Å². The summed E-state index contributed by atoms with van der Waals surface area (Å²) >= 11 is 1.72. The molecule has 0 unspecified atom stereocenters. The Balaban J connectivity index is 3.14. The minimum absolute atomic E-state index is 0.0210. The molecule has 1 N–H and O–H groups in total. The van der Waals surface area contributed by atoms with Crippen molar-refractivity contribution in [1.82, 2.24) is 5.32 Å². The second-order valence-corrected chi connectivity index (χ2v) is 2.47. The lowest BCUT2D eigenvalue weighted by Crippen LogP contribution is -2.11. The SMILES string of the molecule is CSC/C=C\NC(C)=O. The number of rotatable bonds is 3. The molecule has 0 saturated heterocycles. The van der Waals surface area contributed by atoms with Crippen LogP contribution in [0.2, 0.25) is 0 Å². The number of hydrogen-bond donors (Lipinski definition) is 1. The Morgan fingerprint density at radius 3 is 2.89 bits per heavy atom. The molecule has 0 spiro atoms. The average molecular weight is 145 g/mol. The lowest BCUT2D eigenvalue weighted by molar-refractivity contribution is -0.118. The molecule has 0 fully saturated rings. The van der Waals surface area contributed by atoms with E-state index >= 15 is 0 Å². The molecular weight excluding hydrogens is 134 g/mol. The summed E-state index contributed by atoms with van der Waals surface area (Å²) in [6, 6.07) is 0. The molecule has 2 nitrogen and oxygen atoms in total. The number of hydrogen-bond acceptors (Lipinski definition) is 2. The van der Waals surface area contributed by atoms with E-state index in [9.17, 15) is 4.79 Å². The third kappa shape index (κ3) is 7.56. The highest BCUT2D eigenvalue weighted by atomic mass is 32.2. The highest BCUT2D eigenvalue weighted by Crippen LogP contribution is 1.89. The maximum atomic E-state index is 10.2. The molecule has 0 atom stereocenters. The number of carbonyl (C=O) groups is 1. The van der Waals surface area contributed by atoms with Crippen LogP contribution in [0.15, 0.2) is 12.3 Å². The van der Waals surface area contributed by atoms with Crippen molar-refractivity contribution in [2.24, 2.45) is 0 Å². The van der Waals surface area contributed by atoms with Crippen molar-refractivity contribution in [3.8, 4) is 0 Å². The van der Waals surface area contributed by atoms with Crippen LogP contribution in [-0.4, -0.2) is 17.9 Å². The summed E-state index contributed by atoms with van der Waals surface area (Å²) in [6.45, 7) is 1.49. The van der Waals surface area contributed by atoms with E-state index in [0.29, 0.717) is 0 Å². The zero-order chi connectivity index (χ0) is 7.11. The van der Waals surface area contributed by atoms with Crippen LogP contribution in [-0.2, 0) is 4.79 Å². The summed E-state index contributed by atoms with van der Waals surface area (Å²) in [5, 5.41) is 2.55. The quantitative estimate of drug-likeness (QED) is 0.642. The van der Waals surface area contributed by atoms with E-state index in [1.165, 1.54) is 6.92 Å². The maximum absolute atomic E-state index is 10.2.